The molecular formula is C15H19ClN2O. The highest BCUT2D eigenvalue weighted by Crippen LogP contribution is 2.36. The molecule has 2 aliphatic heterocycles. The number of aryl methyl sites for hydroxylation is 1. The summed E-state index contributed by atoms with van der Waals surface area (Å²) in [7, 11) is 0. The molecule has 2 fully saturated rings. The smallest absolute Gasteiger partial charge is 0.254 e. The van der Waals surface area contributed by atoms with E-state index >= 15 is 0 Å². The SMILES string of the molecule is Cc1ccc(C(=O)N2C3CCC2CC(N)C3)cc1Cl. The average molecular weight is 279 g/mol. The van der Waals surface area contributed by atoms with E-state index < -0.39 is 0 Å². The number of piperidine rings is 1. The van der Waals surface area contributed by atoms with Gasteiger partial charge in [-0.1, -0.05) is 17.7 Å². The van der Waals surface area contributed by atoms with Crippen LogP contribution in [0.4, 0.5) is 0 Å². The first-order chi connectivity index (χ1) is 9.06. The molecule has 2 saturated heterocycles. The maximum absolute atomic E-state index is 12.7. The van der Waals surface area contributed by atoms with Crippen LogP contribution in [0.2, 0.25) is 5.02 Å². The Bertz CT molecular complexity index is 503. The van der Waals surface area contributed by atoms with Crippen LogP contribution in [-0.2, 0) is 0 Å². The summed E-state index contributed by atoms with van der Waals surface area (Å²) in [5.74, 6) is 0.112. The molecule has 19 heavy (non-hydrogen) atoms. The second-order valence-electron chi connectivity index (χ2n) is 5.79. The molecule has 0 spiro atoms. The van der Waals surface area contributed by atoms with Crippen LogP contribution in [0.15, 0.2) is 18.2 Å². The highest BCUT2D eigenvalue weighted by Gasteiger charge is 2.42. The monoisotopic (exact) mass is 278 g/mol. The number of carbonyl (C=O) groups is 1. The summed E-state index contributed by atoms with van der Waals surface area (Å²) in [6, 6.07) is 6.46. The van der Waals surface area contributed by atoms with Crippen LogP contribution in [0.1, 0.15) is 41.6 Å². The van der Waals surface area contributed by atoms with E-state index in [0.717, 1.165) is 31.2 Å². The van der Waals surface area contributed by atoms with Crippen molar-refractivity contribution in [2.45, 2.75) is 50.7 Å². The molecule has 3 nitrogen and oxygen atoms in total. The number of amides is 1. The van der Waals surface area contributed by atoms with Crippen molar-refractivity contribution in [2.24, 2.45) is 5.73 Å². The minimum absolute atomic E-state index is 0.112. The molecule has 0 saturated carbocycles. The van der Waals surface area contributed by atoms with Crippen molar-refractivity contribution < 1.29 is 4.79 Å². The van der Waals surface area contributed by atoms with Gasteiger partial charge >= 0.3 is 0 Å². The van der Waals surface area contributed by atoms with Crippen LogP contribution < -0.4 is 5.73 Å². The maximum atomic E-state index is 12.7. The summed E-state index contributed by atoms with van der Waals surface area (Å²) < 4.78 is 0. The molecule has 2 aliphatic rings. The number of nitrogens with zero attached hydrogens (tertiary/aromatic N) is 1. The summed E-state index contributed by atoms with van der Waals surface area (Å²) in [5, 5.41) is 0.659. The number of hydrogen-bond acceptors (Lipinski definition) is 2. The van der Waals surface area contributed by atoms with Gasteiger partial charge < -0.3 is 10.6 Å². The van der Waals surface area contributed by atoms with Crippen molar-refractivity contribution in [1.82, 2.24) is 4.90 Å². The highest BCUT2D eigenvalue weighted by atomic mass is 35.5. The molecule has 1 aromatic rings. The highest BCUT2D eigenvalue weighted by molar-refractivity contribution is 6.31. The average Bonchev–Trinajstić information content (AvgIpc) is 2.64. The first-order valence-corrected chi connectivity index (χ1v) is 7.28. The number of halogens is 1. The number of fused-ring (bicyclic) bond motifs is 2. The second-order valence-corrected chi connectivity index (χ2v) is 6.20. The molecule has 2 unspecified atom stereocenters. The van der Waals surface area contributed by atoms with Gasteiger partial charge in [0.2, 0.25) is 0 Å². The zero-order chi connectivity index (χ0) is 13.6. The minimum atomic E-state index is 0.112. The quantitative estimate of drug-likeness (QED) is 0.859. The normalized spacial score (nSPS) is 29.6. The van der Waals surface area contributed by atoms with Gasteiger partial charge in [0.1, 0.15) is 0 Å². The lowest BCUT2D eigenvalue weighted by atomic mass is 9.97. The third-order valence-electron chi connectivity index (χ3n) is 4.42. The van der Waals surface area contributed by atoms with Crippen molar-refractivity contribution >= 4 is 17.5 Å². The third-order valence-corrected chi connectivity index (χ3v) is 4.83. The van der Waals surface area contributed by atoms with Crippen molar-refractivity contribution in [1.29, 1.82) is 0 Å². The molecule has 2 bridgehead atoms. The molecule has 2 heterocycles. The predicted molar refractivity (Wildman–Crippen MR) is 76.4 cm³/mol. The van der Waals surface area contributed by atoms with Crippen LogP contribution in [-0.4, -0.2) is 28.9 Å². The lowest BCUT2D eigenvalue weighted by Gasteiger charge is -2.37. The van der Waals surface area contributed by atoms with Gasteiger partial charge in [0.05, 0.1) is 0 Å². The predicted octanol–water partition coefficient (Wildman–Crippen LogP) is 2.74. The Morgan fingerprint density at radius 3 is 2.53 bits per heavy atom. The summed E-state index contributed by atoms with van der Waals surface area (Å²) in [6.07, 6.45) is 4.04. The second kappa shape index (κ2) is 4.80. The summed E-state index contributed by atoms with van der Waals surface area (Å²) in [6.45, 7) is 1.94. The van der Waals surface area contributed by atoms with Crippen molar-refractivity contribution in [2.75, 3.05) is 0 Å². The fourth-order valence-electron chi connectivity index (χ4n) is 3.43. The van der Waals surface area contributed by atoms with Gasteiger partial charge in [-0.25, -0.2) is 0 Å². The number of carbonyl (C=O) groups excluding carboxylic acids is 1. The Balaban J connectivity index is 1.86. The molecule has 0 aliphatic carbocycles. The zero-order valence-corrected chi connectivity index (χ0v) is 11.9. The third kappa shape index (κ3) is 2.26. The number of benzene rings is 1. The maximum Gasteiger partial charge on any atom is 0.254 e. The molecule has 2 N–H and O–H groups in total. The van der Waals surface area contributed by atoms with E-state index in [1.807, 2.05) is 24.0 Å². The van der Waals surface area contributed by atoms with Gasteiger partial charge in [-0.15, -0.1) is 0 Å². The van der Waals surface area contributed by atoms with E-state index in [9.17, 15) is 4.79 Å². The standard InChI is InChI=1S/C15H19ClN2O/c1-9-2-3-10(6-14(9)16)15(19)18-12-4-5-13(18)8-11(17)7-12/h2-3,6,11-13H,4-5,7-8,17H2,1H3. The topological polar surface area (TPSA) is 46.3 Å². The molecule has 0 aromatic heterocycles. The summed E-state index contributed by atoms with van der Waals surface area (Å²) in [5.41, 5.74) is 7.74. The lowest BCUT2D eigenvalue weighted by molar-refractivity contribution is 0.0575. The van der Waals surface area contributed by atoms with Crippen molar-refractivity contribution in [3.63, 3.8) is 0 Å². The Hall–Kier alpha value is -1.06. The fourth-order valence-corrected chi connectivity index (χ4v) is 3.61. The lowest BCUT2D eigenvalue weighted by Crippen LogP contribution is -2.50. The molecule has 1 aromatic carbocycles. The summed E-state index contributed by atoms with van der Waals surface area (Å²) in [4.78, 5) is 14.7. The van der Waals surface area contributed by atoms with Crippen LogP contribution in [0.3, 0.4) is 0 Å². The number of hydrogen-bond donors (Lipinski definition) is 1. The van der Waals surface area contributed by atoms with Gasteiger partial charge in [0.25, 0.3) is 5.91 Å². The molecule has 3 rings (SSSR count). The Labute approximate surface area is 118 Å². The number of rotatable bonds is 1. The molecule has 1 amide bonds. The molecule has 2 atom stereocenters. The van der Waals surface area contributed by atoms with E-state index in [1.54, 1.807) is 6.07 Å². The zero-order valence-electron chi connectivity index (χ0n) is 11.1. The van der Waals surface area contributed by atoms with Gasteiger partial charge in [-0.05, 0) is 50.3 Å². The molecular weight excluding hydrogens is 260 g/mol. The molecule has 4 heteroatoms. The van der Waals surface area contributed by atoms with Gasteiger partial charge in [-0.2, -0.15) is 0 Å². The first-order valence-electron chi connectivity index (χ1n) is 6.90. The summed E-state index contributed by atoms with van der Waals surface area (Å²) >= 11 is 6.12. The van der Waals surface area contributed by atoms with E-state index in [1.165, 1.54) is 0 Å². The molecule has 0 radical (unpaired) electrons. The van der Waals surface area contributed by atoms with E-state index in [2.05, 4.69) is 0 Å². The van der Waals surface area contributed by atoms with Gasteiger partial charge in [-0.3, -0.25) is 4.79 Å². The van der Waals surface area contributed by atoms with E-state index in [4.69, 9.17) is 17.3 Å². The van der Waals surface area contributed by atoms with Crippen molar-refractivity contribution in [3.05, 3.63) is 34.3 Å². The number of nitrogens with two attached hydrogens (primary N) is 1. The van der Waals surface area contributed by atoms with E-state index in [-0.39, 0.29) is 11.9 Å². The largest absolute Gasteiger partial charge is 0.333 e. The van der Waals surface area contributed by atoms with Crippen LogP contribution >= 0.6 is 11.6 Å². The Morgan fingerprint density at radius 2 is 1.95 bits per heavy atom. The first kappa shape index (κ1) is 12.9. The van der Waals surface area contributed by atoms with Crippen LogP contribution in [0.5, 0.6) is 0 Å². The fraction of sp³-hybridized carbons (Fsp3) is 0.533. The van der Waals surface area contributed by atoms with Crippen LogP contribution in [0.25, 0.3) is 0 Å². The van der Waals surface area contributed by atoms with Gasteiger partial charge in [0, 0.05) is 28.7 Å². The Kier molecular flexibility index (Phi) is 3.27. The van der Waals surface area contributed by atoms with Gasteiger partial charge in [0.15, 0.2) is 0 Å². The van der Waals surface area contributed by atoms with E-state index in [0.29, 0.717) is 22.7 Å². The minimum Gasteiger partial charge on any atom is -0.333 e. The van der Waals surface area contributed by atoms with Crippen molar-refractivity contribution in [3.8, 4) is 0 Å². The molecule has 102 valence electrons. The Morgan fingerprint density at radius 1 is 1.32 bits per heavy atom. The van der Waals surface area contributed by atoms with Crippen LogP contribution in [0, 0.1) is 6.92 Å².